The summed E-state index contributed by atoms with van der Waals surface area (Å²) in [5.41, 5.74) is 2.64. The molecule has 0 radical (unpaired) electrons. The highest BCUT2D eigenvalue weighted by molar-refractivity contribution is 7.21. The summed E-state index contributed by atoms with van der Waals surface area (Å²) in [4.78, 5) is 12.1. The summed E-state index contributed by atoms with van der Waals surface area (Å²) in [6.07, 6.45) is -2.53. The topological polar surface area (TPSA) is 64.3 Å². The Morgan fingerprint density at radius 2 is 2.16 bits per heavy atom. The Kier molecular flexibility index (Phi) is 4.41. The van der Waals surface area contributed by atoms with Gasteiger partial charge in [0.25, 0.3) is 12.3 Å². The standard InChI is InChI=1S/C12H12F2N2O2S/c13-10(14)6-18-5-8-7-3-1-2-4-9(7)19-11(8)12(17)16-15/h1-4,10H,5-6,15H2,(H,16,17). The van der Waals surface area contributed by atoms with Gasteiger partial charge >= 0.3 is 0 Å². The zero-order valence-corrected chi connectivity index (χ0v) is 10.7. The number of fused-ring (bicyclic) bond motifs is 1. The van der Waals surface area contributed by atoms with E-state index in [0.29, 0.717) is 10.4 Å². The van der Waals surface area contributed by atoms with Gasteiger partial charge in [0.2, 0.25) is 0 Å². The molecule has 4 nitrogen and oxygen atoms in total. The first-order valence-electron chi connectivity index (χ1n) is 5.50. The predicted molar refractivity (Wildman–Crippen MR) is 69.1 cm³/mol. The lowest BCUT2D eigenvalue weighted by atomic mass is 10.1. The first kappa shape index (κ1) is 13.9. The van der Waals surface area contributed by atoms with E-state index in [9.17, 15) is 13.6 Å². The number of hydrazine groups is 1. The van der Waals surface area contributed by atoms with Crippen LogP contribution in [0.25, 0.3) is 10.1 Å². The molecule has 1 aromatic heterocycles. The molecule has 0 atom stereocenters. The number of ether oxygens (including phenoxy) is 1. The van der Waals surface area contributed by atoms with Crippen LogP contribution in [0, 0.1) is 0 Å². The Labute approximate surface area is 112 Å². The number of amides is 1. The van der Waals surface area contributed by atoms with E-state index >= 15 is 0 Å². The molecule has 0 saturated carbocycles. The Bertz CT molecular complexity index is 586. The van der Waals surface area contributed by atoms with E-state index in [0.717, 1.165) is 10.1 Å². The third-order valence-corrected chi connectivity index (χ3v) is 3.74. The zero-order valence-electron chi connectivity index (χ0n) is 9.86. The van der Waals surface area contributed by atoms with Crippen molar-refractivity contribution in [1.82, 2.24) is 5.43 Å². The molecule has 1 aromatic carbocycles. The number of halogens is 2. The van der Waals surface area contributed by atoms with Crippen molar-refractivity contribution >= 4 is 27.3 Å². The van der Waals surface area contributed by atoms with Gasteiger partial charge < -0.3 is 4.74 Å². The fraction of sp³-hybridized carbons (Fsp3) is 0.250. The van der Waals surface area contributed by atoms with Gasteiger partial charge in [-0.3, -0.25) is 10.2 Å². The molecule has 0 aliphatic carbocycles. The number of hydrogen-bond acceptors (Lipinski definition) is 4. The number of nitrogens with two attached hydrogens (primary N) is 1. The molecule has 1 heterocycles. The Morgan fingerprint density at radius 1 is 1.42 bits per heavy atom. The third kappa shape index (κ3) is 3.06. The zero-order chi connectivity index (χ0) is 13.8. The smallest absolute Gasteiger partial charge is 0.275 e. The van der Waals surface area contributed by atoms with E-state index in [1.807, 2.05) is 29.7 Å². The minimum absolute atomic E-state index is 0.0445. The average Bonchev–Trinajstić information content (AvgIpc) is 2.77. The van der Waals surface area contributed by atoms with Crippen molar-refractivity contribution in [1.29, 1.82) is 0 Å². The van der Waals surface area contributed by atoms with Gasteiger partial charge in [0, 0.05) is 10.3 Å². The van der Waals surface area contributed by atoms with Crippen molar-refractivity contribution in [2.45, 2.75) is 13.0 Å². The molecule has 3 N–H and O–H groups in total. The molecule has 0 aliphatic heterocycles. The van der Waals surface area contributed by atoms with Gasteiger partial charge in [-0.15, -0.1) is 11.3 Å². The van der Waals surface area contributed by atoms with Crippen LogP contribution in [0.3, 0.4) is 0 Å². The molecule has 0 unspecified atom stereocenters. The van der Waals surface area contributed by atoms with Crippen molar-refractivity contribution in [3.63, 3.8) is 0 Å². The Morgan fingerprint density at radius 3 is 2.84 bits per heavy atom. The van der Waals surface area contributed by atoms with Crippen LogP contribution in [0.2, 0.25) is 0 Å². The fourth-order valence-corrected chi connectivity index (χ4v) is 2.85. The summed E-state index contributed by atoms with van der Waals surface area (Å²) < 4.78 is 30.0. The third-order valence-electron chi connectivity index (χ3n) is 2.53. The second kappa shape index (κ2) is 6.05. The second-order valence-electron chi connectivity index (χ2n) is 3.79. The van der Waals surface area contributed by atoms with Crippen LogP contribution in [-0.4, -0.2) is 18.9 Å². The van der Waals surface area contributed by atoms with E-state index in [4.69, 9.17) is 10.6 Å². The Balaban J connectivity index is 2.34. The number of thiophene rings is 1. The molecule has 2 aromatic rings. The molecule has 19 heavy (non-hydrogen) atoms. The maximum absolute atomic E-state index is 12.1. The van der Waals surface area contributed by atoms with E-state index in [1.165, 1.54) is 11.3 Å². The first-order valence-corrected chi connectivity index (χ1v) is 6.32. The van der Waals surface area contributed by atoms with Gasteiger partial charge in [0.05, 0.1) is 11.5 Å². The van der Waals surface area contributed by atoms with Crippen LogP contribution in [0.5, 0.6) is 0 Å². The second-order valence-corrected chi connectivity index (χ2v) is 4.84. The van der Waals surface area contributed by atoms with Crippen molar-refractivity contribution in [2.24, 2.45) is 5.84 Å². The summed E-state index contributed by atoms with van der Waals surface area (Å²) in [7, 11) is 0. The van der Waals surface area contributed by atoms with Gasteiger partial charge in [-0.1, -0.05) is 18.2 Å². The fourth-order valence-electron chi connectivity index (χ4n) is 1.74. The number of carbonyl (C=O) groups excluding carboxylic acids is 1. The van der Waals surface area contributed by atoms with Crippen LogP contribution in [-0.2, 0) is 11.3 Å². The van der Waals surface area contributed by atoms with Gasteiger partial charge in [0.1, 0.15) is 6.61 Å². The summed E-state index contributed by atoms with van der Waals surface area (Å²) in [6.45, 7) is -0.703. The molecule has 102 valence electrons. The van der Waals surface area contributed by atoms with Crippen LogP contribution in [0.15, 0.2) is 24.3 Å². The lowest BCUT2D eigenvalue weighted by Gasteiger charge is -2.05. The van der Waals surface area contributed by atoms with Crippen LogP contribution < -0.4 is 11.3 Å². The molecule has 0 bridgehead atoms. The number of hydrogen-bond donors (Lipinski definition) is 2. The highest BCUT2D eigenvalue weighted by atomic mass is 32.1. The highest BCUT2D eigenvalue weighted by Crippen LogP contribution is 2.31. The van der Waals surface area contributed by atoms with Crippen LogP contribution in [0.1, 0.15) is 15.2 Å². The van der Waals surface area contributed by atoms with E-state index in [2.05, 4.69) is 0 Å². The molecule has 1 amide bonds. The number of nitrogen functional groups attached to an aromatic ring is 1. The van der Waals surface area contributed by atoms with Crippen molar-refractivity contribution in [3.8, 4) is 0 Å². The van der Waals surface area contributed by atoms with E-state index in [-0.39, 0.29) is 6.61 Å². The summed E-state index contributed by atoms with van der Waals surface area (Å²) in [5, 5.41) is 0.820. The largest absolute Gasteiger partial charge is 0.371 e. The van der Waals surface area contributed by atoms with Crippen molar-refractivity contribution in [3.05, 3.63) is 34.7 Å². The SMILES string of the molecule is NNC(=O)c1sc2ccccc2c1COCC(F)F. The first-order chi connectivity index (χ1) is 9.13. The monoisotopic (exact) mass is 286 g/mol. The summed E-state index contributed by atoms with van der Waals surface area (Å²) >= 11 is 1.26. The molecule has 0 aliphatic rings. The Hall–Kier alpha value is -1.57. The van der Waals surface area contributed by atoms with Crippen molar-refractivity contribution in [2.75, 3.05) is 6.61 Å². The number of rotatable bonds is 5. The number of nitrogens with one attached hydrogen (secondary N) is 1. The molecule has 2 rings (SSSR count). The molecule has 7 heteroatoms. The van der Waals surface area contributed by atoms with Crippen molar-refractivity contribution < 1.29 is 18.3 Å². The molecular formula is C12H12F2N2O2S. The van der Waals surface area contributed by atoms with E-state index < -0.39 is 18.9 Å². The summed E-state index contributed by atoms with van der Waals surface area (Å²) in [6, 6.07) is 7.33. The molecule has 0 fully saturated rings. The van der Waals surface area contributed by atoms with Gasteiger partial charge in [-0.2, -0.15) is 0 Å². The number of benzene rings is 1. The van der Waals surface area contributed by atoms with Gasteiger partial charge in [0.15, 0.2) is 0 Å². The van der Waals surface area contributed by atoms with Crippen LogP contribution >= 0.6 is 11.3 Å². The molecule has 0 spiro atoms. The van der Waals surface area contributed by atoms with Crippen LogP contribution in [0.4, 0.5) is 8.78 Å². The summed E-state index contributed by atoms with van der Waals surface area (Å²) in [5.74, 6) is 4.67. The minimum Gasteiger partial charge on any atom is -0.371 e. The maximum Gasteiger partial charge on any atom is 0.275 e. The predicted octanol–water partition coefficient (Wildman–Crippen LogP) is 2.29. The quantitative estimate of drug-likeness (QED) is 0.503. The number of carbonyl (C=O) groups is 1. The van der Waals surface area contributed by atoms with Gasteiger partial charge in [-0.25, -0.2) is 14.6 Å². The molecular weight excluding hydrogens is 274 g/mol. The lowest BCUT2D eigenvalue weighted by molar-refractivity contribution is 0.0102. The lowest BCUT2D eigenvalue weighted by Crippen LogP contribution is -2.30. The number of alkyl halides is 2. The van der Waals surface area contributed by atoms with Gasteiger partial charge in [-0.05, 0) is 11.5 Å². The normalized spacial score (nSPS) is 11.2. The highest BCUT2D eigenvalue weighted by Gasteiger charge is 2.18. The maximum atomic E-state index is 12.1. The minimum atomic E-state index is -2.53. The van der Waals surface area contributed by atoms with E-state index in [1.54, 1.807) is 0 Å². The molecule has 0 saturated heterocycles. The average molecular weight is 286 g/mol.